The number of esters is 1. The monoisotopic (exact) mass is 468 g/mol. The van der Waals surface area contributed by atoms with E-state index < -0.39 is 0 Å². The van der Waals surface area contributed by atoms with Gasteiger partial charge in [-0.3, -0.25) is 9.59 Å². The van der Waals surface area contributed by atoms with E-state index in [0.29, 0.717) is 30.0 Å². The van der Waals surface area contributed by atoms with Crippen LogP contribution in [0.3, 0.4) is 0 Å². The van der Waals surface area contributed by atoms with E-state index >= 15 is 0 Å². The van der Waals surface area contributed by atoms with Gasteiger partial charge in [0.25, 0.3) is 0 Å². The maximum Gasteiger partial charge on any atom is 0.309 e. The van der Waals surface area contributed by atoms with E-state index in [2.05, 4.69) is 27.7 Å². The fourth-order valence-electron chi connectivity index (χ4n) is 9.53. The maximum absolute atomic E-state index is 13.2. The van der Waals surface area contributed by atoms with E-state index in [4.69, 9.17) is 4.74 Å². The molecular weight excluding hydrogens is 420 g/mol. The minimum absolute atomic E-state index is 0.0820. The number of carbonyl (C=O) groups is 2. The molecule has 34 heavy (non-hydrogen) atoms. The molecule has 0 heterocycles. The van der Waals surface area contributed by atoms with Crippen molar-refractivity contribution in [3.8, 4) is 0 Å². The number of hydrogen-bond donors (Lipinski definition) is 0. The zero-order valence-electron chi connectivity index (χ0n) is 22.2. The van der Waals surface area contributed by atoms with Crippen LogP contribution in [0.2, 0.25) is 0 Å². The predicted octanol–water partition coefficient (Wildman–Crippen LogP) is 7.67. The number of ketones is 1. The largest absolute Gasteiger partial charge is 0.462 e. The Hall–Kier alpha value is -1.12. The number of allylic oxidation sites excluding steroid dienone is 1. The molecule has 4 saturated carbocycles. The van der Waals surface area contributed by atoms with Gasteiger partial charge in [0.15, 0.2) is 5.78 Å². The molecule has 0 saturated heterocycles. The lowest BCUT2D eigenvalue weighted by Crippen LogP contribution is -2.51. The summed E-state index contributed by atoms with van der Waals surface area (Å²) < 4.78 is 6.39. The van der Waals surface area contributed by atoms with Gasteiger partial charge >= 0.3 is 5.97 Å². The molecule has 0 aromatic rings. The zero-order valence-corrected chi connectivity index (χ0v) is 22.2. The summed E-state index contributed by atoms with van der Waals surface area (Å²) in [6, 6.07) is 0. The molecule has 0 amide bonds. The highest BCUT2D eigenvalue weighted by Crippen LogP contribution is 2.64. The maximum atomic E-state index is 13.2. The number of fused-ring (bicyclic) bond motifs is 5. The van der Waals surface area contributed by atoms with Crippen LogP contribution < -0.4 is 0 Å². The molecule has 0 bridgehead atoms. The van der Waals surface area contributed by atoms with Gasteiger partial charge in [-0.25, -0.2) is 0 Å². The second-order valence-electron chi connectivity index (χ2n) is 13.7. The van der Waals surface area contributed by atoms with E-state index in [-0.39, 0.29) is 28.8 Å². The van der Waals surface area contributed by atoms with Crippen molar-refractivity contribution in [1.82, 2.24) is 0 Å². The van der Waals surface area contributed by atoms with Crippen LogP contribution in [-0.2, 0) is 14.3 Å². The molecule has 3 nitrogen and oxygen atoms in total. The molecule has 0 N–H and O–H groups in total. The second kappa shape index (κ2) is 9.40. The van der Waals surface area contributed by atoms with Crippen LogP contribution in [0.15, 0.2) is 11.6 Å². The van der Waals surface area contributed by atoms with Gasteiger partial charge in [-0.05, 0) is 105 Å². The Bertz CT molecular complexity index is 817. The van der Waals surface area contributed by atoms with E-state index in [9.17, 15) is 9.59 Å². The van der Waals surface area contributed by atoms with Crippen molar-refractivity contribution in [3.05, 3.63) is 11.6 Å². The SMILES string of the molecule is CCCC[C@H]1CC[C@H](C(=O)O[C@H]2CC[C@H]3[C@@H]4CCC5=CC(=O)CC(C)(C)[C@@H]5[C@H]4CC[C@]23C)CC1. The highest BCUT2D eigenvalue weighted by Gasteiger charge is 2.59. The van der Waals surface area contributed by atoms with Gasteiger partial charge in [-0.2, -0.15) is 0 Å². The second-order valence-corrected chi connectivity index (χ2v) is 13.7. The molecule has 5 aliphatic carbocycles. The van der Waals surface area contributed by atoms with Gasteiger partial charge in [-0.15, -0.1) is 0 Å². The first-order valence-corrected chi connectivity index (χ1v) is 14.7. The van der Waals surface area contributed by atoms with Crippen molar-refractivity contribution in [1.29, 1.82) is 0 Å². The number of hydrogen-bond acceptors (Lipinski definition) is 3. The summed E-state index contributed by atoms with van der Waals surface area (Å²) in [5.74, 6) is 4.09. The van der Waals surface area contributed by atoms with Gasteiger partial charge in [0.1, 0.15) is 6.10 Å². The highest BCUT2D eigenvalue weighted by atomic mass is 16.5. The molecule has 0 aromatic heterocycles. The molecule has 0 spiro atoms. The summed E-state index contributed by atoms with van der Waals surface area (Å²) in [7, 11) is 0. The summed E-state index contributed by atoms with van der Waals surface area (Å²) >= 11 is 0. The standard InChI is InChI=1S/C31H48O3/c1-5-6-7-20-8-10-21(11-9-20)29(33)34-27-15-14-26-24-13-12-22-18-23(32)19-30(2,3)28(22)25(24)16-17-31(26,27)4/h18,20-21,24-28H,5-17,19H2,1-4H3/t20-,21-,24-,25+,26+,27+,28+,31+/m1/s1. The number of ether oxygens (including phenoxy) is 1. The molecule has 5 aliphatic rings. The zero-order chi connectivity index (χ0) is 24.1. The minimum Gasteiger partial charge on any atom is -0.462 e. The van der Waals surface area contributed by atoms with Crippen LogP contribution in [0.5, 0.6) is 0 Å². The topological polar surface area (TPSA) is 43.4 Å². The Balaban J connectivity index is 1.23. The van der Waals surface area contributed by atoms with E-state index in [1.165, 1.54) is 63.4 Å². The van der Waals surface area contributed by atoms with E-state index in [1.54, 1.807) is 0 Å². The molecule has 6 atom stereocenters. The van der Waals surface area contributed by atoms with Gasteiger partial charge in [0.05, 0.1) is 5.92 Å². The summed E-state index contributed by atoms with van der Waals surface area (Å²) in [6.45, 7) is 9.37. The lowest BCUT2D eigenvalue weighted by atomic mass is 9.48. The average molecular weight is 469 g/mol. The molecule has 0 unspecified atom stereocenters. The fourth-order valence-corrected chi connectivity index (χ4v) is 9.53. The van der Waals surface area contributed by atoms with E-state index in [0.717, 1.165) is 37.5 Å². The Morgan fingerprint density at radius 3 is 2.50 bits per heavy atom. The van der Waals surface area contributed by atoms with Crippen LogP contribution in [-0.4, -0.2) is 17.9 Å². The van der Waals surface area contributed by atoms with Crippen LogP contribution in [0.4, 0.5) is 0 Å². The van der Waals surface area contributed by atoms with Crippen molar-refractivity contribution in [2.45, 2.75) is 124 Å². The van der Waals surface area contributed by atoms with Crippen LogP contribution >= 0.6 is 0 Å². The Kier molecular flexibility index (Phi) is 6.79. The van der Waals surface area contributed by atoms with Crippen molar-refractivity contribution < 1.29 is 14.3 Å². The van der Waals surface area contributed by atoms with Crippen LogP contribution in [0.1, 0.15) is 118 Å². The third-order valence-corrected chi connectivity index (χ3v) is 11.2. The van der Waals surface area contributed by atoms with Crippen molar-refractivity contribution in [3.63, 3.8) is 0 Å². The van der Waals surface area contributed by atoms with E-state index in [1.807, 2.05) is 6.08 Å². The first-order chi connectivity index (χ1) is 16.2. The van der Waals surface area contributed by atoms with Gasteiger partial charge < -0.3 is 4.74 Å². The Morgan fingerprint density at radius 2 is 1.76 bits per heavy atom. The van der Waals surface area contributed by atoms with Gasteiger partial charge in [-0.1, -0.05) is 52.5 Å². The molecule has 0 radical (unpaired) electrons. The molecule has 3 heteroatoms. The lowest BCUT2D eigenvalue weighted by molar-refractivity contribution is -0.165. The number of carbonyl (C=O) groups excluding carboxylic acids is 2. The normalized spacial score (nSPS) is 43.4. The first kappa shape index (κ1) is 24.6. The minimum atomic E-state index is 0.0820. The highest BCUT2D eigenvalue weighted by molar-refractivity contribution is 5.92. The van der Waals surface area contributed by atoms with Gasteiger partial charge in [0.2, 0.25) is 0 Å². The van der Waals surface area contributed by atoms with Crippen LogP contribution in [0.25, 0.3) is 0 Å². The third-order valence-electron chi connectivity index (χ3n) is 11.2. The molecular formula is C31H48O3. The molecule has 4 fully saturated rings. The number of unbranched alkanes of at least 4 members (excludes halogenated alkanes) is 1. The third kappa shape index (κ3) is 4.32. The Morgan fingerprint density at radius 1 is 1.00 bits per heavy atom. The fraction of sp³-hybridized carbons (Fsp3) is 0.871. The van der Waals surface area contributed by atoms with Crippen molar-refractivity contribution in [2.75, 3.05) is 0 Å². The summed E-state index contributed by atoms with van der Waals surface area (Å²) in [5, 5.41) is 0. The average Bonchev–Trinajstić information content (AvgIpc) is 3.13. The predicted molar refractivity (Wildman–Crippen MR) is 136 cm³/mol. The van der Waals surface area contributed by atoms with Crippen LogP contribution in [0, 0.1) is 46.3 Å². The summed E-state index contributed by atoms with van der Waals surface area (Å²) in [4.78, 5) is 25.6. The molecule has 0 aromatic carbocycles. The summed E-state index contributed by atoms with van der Waals surface area (Å²) in [5.41, 5.74) is 1.67. The Labute approximate surface area is 207 Å². The van der Waals surface area contributed by atoms with Gasteiger partial charge in [0, 0.05) is 11.8 Å². The number of rotatable bonds is 5. The molecule has 0 aliphatic heterocycles. The smallest absolute Gasteiger partial charge is 0.309 e. The van der Waals surface area contributed by atoms with Crippen molar-refractivity contribution in [2.24, 2.45) is 46.3 Å². The summed E-state index contributed by atoms with van der Waals surface area (Å²) in [6.07, 6.45) is 18.3. The van der Waals surface area contributed by atoms with Crippen molar-refractivity contribution >= 4 is 11.8 Å². The molecule has 190 valence electrons. The quantitative estimate of drug-likeness (QED) is 0.389. The first-order valence-electron chi connectivity index (χ1n) is 14.7. The molecule has 5 rings (SSSR count). The lowest BCUT2D eigenvalue weighted by Gasteiger charge is -2.57.